The number of rotatable bonds is 3. The van der Waals surface area contributed by atoms with E-state index in [1.54, 1.807) is 0 Å². The lowest BCUT2D eigenvalue weighted by atomic mass is 9.86. The van der Waals surface area contributed by atoms with Crippen LogP contribution in [0.4, 0.5) is 4.39 Å². The van der Waals surface area contributed by atoms with Crippen LogP contribution in [-0.4, -0.2) is 20.6 Å². The van der Waals surface area contributed by atoms with Gasteiger partial charge >= 0.3 is 0 Å². The van der Waals surface area contributed by atoms with E-state index in [2.05, 4.69) is 20.7 Å². The van der Waals surface area contributed by atoms with Crippen molar-refractivity contribution in [3.8, 4) is 11.1 Å². The van der Waals surface area contributed by atoms with Crippen molar-refractivity contribution in [2.75, 3.05) is 0 Å². The number of fused-ring (bicyclic) bond motifs is 1. The van der Waals surface area contributed by atoms with Crippen LogP contribution >= 0.6 is 0 Å². The predicted molar refractivity (Wildman–Crippen MR) is 97.6 cm³/mol. The zero-order valence-corrected chi connectivity index (χ0v) is 14.5. The Balaban J connectivity index is 1.73. The second-order valence-corrected chi connectivity index (χ2v) is 7.14. The minimum atomic E-state index is -0.224. The van der Waals surface area contributed by atoms with E-state index in [0.717, 1.165) is 60.2 Å². The number of hydrogen-bond donors (Lipinski definition) is 1. The van der Waals surface area contributed by atoms with Gasteiger partial charge in [0, 0.05) is 35.9 Å². The van der Waals surface area contributed by atoms with Crippen LogP contribution in [0.5, 0.6) is 0 Å². The highest BCUT2D eigenvalue weighted by Gasteiger charge is 2.21. The van der Waals surface area contributed by atoms with Crippen molar-refractivity contribution in [2.24, 2.45) is 11.7 Å². The molecule has 1 aliphatic carbocycles. The van der Waals surface area contributed by atoms with Crippen molar-refractivity contribution in [1.29, 1.82) is 0 Å². The molecule has 0 atom stereocenters. The summed E-state index contributed by atoms with van der Waals surface area (Å²) in [6.45, 7) is 2.86. The molecule has 1 saturated carbocycles. The van der Waals surface area contributed by atoms with Gasteiger partial charge in [-0.15, -0.1) is 0 Å². The first kappa shape index (κ1) is 16.2. The number of hydrogen-bond acceptors (Lipinski definition) is 3. The Morgan fingerprint density at radius 3 is 2.60 bits per heavy atom. The van der Waals surface area contributed by atoms with Gasteiger partial charge in [-0.1, -0.05) is 12.1 Å². The molecule has 5 heteroatoms. The molecule has 2 aromatic heterocycles. The van der Waals surface area contributed by atoms with Gasteiger partial charge in [0.1, 0.15) is 17.3 Å². The van der Waals surface area contributed by atoms with Crippen molar-refractivity contribution in [1.82, 2.24) is 14.5 Å². The number of aromatic nitrogens is 3. The molecule has 1 aromatic carbocycles. The standard InChI is InChI=1S/C20H23FN4/c1-13-23-10-18-19(15-4-6-16(21)7-5-15)12-25(20(18)24-13)11-14-2-8-17(22)9-3-14/h4-7,10,12,14,17H,2-3,8-9,11,22H2,1H3/t14-,17-. The molecule has 1 aliphatic rings. The molecule has 0 amide bonds. The zero-order valence-electron chi connectivity index (χ0n) is 14.5. The highest BCUT2D eigenvalue weighted by Crippen LogP contribution is 2.32. The number of aryl methyl sites for hydroxylation is 1. The van der Waals surface area contributed by atoms with Crippen molar-refractivity contribution in [3.63, 3.8) is 0 Å². The van der Waals surface area contributed by atoms with E-state index in [1.165, 1.54) is 12.1 Å². The monoisotopic (exact) mass is 338 g/mol. The largest absolute Gasteiger partial charge is 0.331 e. The molecule has 0 radical (unpaired) electrons. The van der Waals surface area contributed by atoms with Crippen molar-refractivity contribution < 1.29 is 4.39 Å². The summed E-state index contributed by atoms with van der Waals surface area (Å²) in [6, 6.07) is 6.98. The van der Waals surface area contributed by atoms with Crippen molar-refractivity contribution in [2.45, 2.75) is 45.2 Å². The average molecular weight is 338 g/mol. The van der Waals surface area contributed by atoms with Crippen LogP contribution in [-0.2, 0) is 6.54 Å². The van der Waals surface area contributed by atoms with Crippen LogP contribution in [0.2, 0.25) is 0 Å². The van der Waals surface area contributed by atoms with Gasteiger partial charge in [-0.3, -0.25) is 0 Å². The van der Waals surface area contributed by atoms with E-state index in [1.807, 2.05) is 25.3 Å². The molecular formula is C20H23FN4. The highest BCUT2D eigenvalue weighted by atomic mass is 19.1. The van der Waals surface area contributed by atoms with Crippen molar-refractivity contribution >= 4 is 11.0 Å². The Morgan fingerprint density at radius 1 is 1.16 bits per heavy atom. The minimum Gasteiger partial charge on any atom is -0.331 e. The Hall–Kier alpha value is -2.27. The fourth-order valence-corrected chi connectivity index (χ4v) is 3.80. The first-order valence-electron chi connectivity index (χ1n) is 8.94. The molecule has 25 heavy (non-hydrogen) atoms. The summed E-state index contributed by atoms with van der Waals surface area (Å²) in [5.74, 6) is 1.17. The van der Waals surface area contributed by atoms with Crippen LogP contribution in [0, 0.1) is 18.7 Å². The quantitative estimate of drug-likeness (QED) is 0.783. The molecule has 130 valence electrons. The maximum Gasteiger partial charge on any atom is 0.144 e. The minimum absolute atomic E-state index is 0.224. The number of nitrogens with zero attached hydrogens (tertiary/aromatic N) is 3. The van der Waals surface area contributed by atoms with Crippen LogP contribution in [0.3, 0.4) is 0 Å². The first-order chi connectivity index (χ1) is 12.1. The molecule has 4 nitrogen and oxygen atoms in total. The molecule has 1 fully saturated rings. The van der Waals surface area contributed by atoms with Crippen molar-refractivity contribution in [3.05, 3.63) is 48.3 Å². The van der Waals surface area contributed by atoms with Gasteiger partial charge < -0.3 is 10.3 Å². The second-order valence-electron chi connectivity index (χ2n) is 7.14. The molecule has 0 spiro atoms. The third-order valence-electron chi connectivity index (χ3n) is 5.24. The van der Waals surface area contributed by atoms with Gasteiger partial charge in [0.2, 0.25) is 0 Å². The molecular weight excluding hydrogens is 315 g/mol. The SMILES string of the molecule is Cc1ncc2c(-c3ccc(F)cc3)cn(C[C@H]3CC[C@H](N)CC3)c2n1. The third kappa shape index (κ3) is 3.29. The maximum atomic E-state index is 13.3. The van der Waals surface area contributed by atoms with Gasteiger partial charge in [-0.2, -0.15) is 0 Å². The molecule has 2 N–H and O–H groups in total. The van der Waals surface area contributed by atoms with Gasteiger partial charge in [0.15, 0.2) is 0 Å². The van der Waals surface area contributed by atoms with Crippen LogP contribution < -0.4 is 5.73 Å². The van der Waals surface area contributed by atoms with Gasteiger partial charge in [0.25, 0.3) is 0 Å². The molecule has 4 rings (SSSR count). The fourth-order valence-electron chi connectivity index (χ4n) is 3.80. The summed E-state index contributed by atoms with van der Waals surface area (Å²) in [7, 11) is 0. The Morgan fingerprint density at radius 2 is 1.88 bits per heavy atom. The lowest BCUT2D eigenvalue weighted by Crippen LogP contribution is -2.28. The Labute approximate surface area is 146 Å². The summed E-state index contributed by atoms with van der Waals surface area (Å²) >= 11 is 0. The first-order valence-corrected chi connectivity index (χ1v) is 8.94. The molecule has 0 bridgehead atoms. The summed E-state index contributed by atoms with van der Waals surface area (Å²) in [6.07, 6.45) is 8.54. The molecule has 3 aromatic rings. The van der Waals surface area contributed by atoms with Crippen LogP contribution in [0.15, 0.2) is 36.7 Å². The topological polar surface area (TPSA) is 56.7 Å². The lowest BCUT2D eigenvalue weighted by Gasteiger charge is -2.26. The van der Waals surface area contributed by atoms with Crippen LogP contribution in [0.1, 0.15) is 31.5 Å². The third-order valence-corrected chi connectivity index (χ3v) is 5.24. The van der Waals surface area contributed by atoms with E-state index in [0.29, 0.717) is 12.0 Å². The molecule has 0 aliphatic heterocycles. The Bertz CT molecular complexity index is 877. The summed E-state index contributed by atoms with van der Waals surface area (Å²) in [4.78, 5) is 9.04. The summed E-state index contributed by atoms with van der Waals surface area (Å²) in [5, 5.41) is 1.02. The molecule has 0 unspecified atom stereocenters. The highest BCUT2D eigenvalue weighted by molar-refractivity contribution is 5.93. The smallest absolute Gasteiger partial charge is 0.144 e. The summed E-state index contributed by atoms with van der Waals surface area (Å²) < 4.78 is 15.5. The van der Waals surface area contributed by atoms with E-state index in [4.69, 9.17) is 5.73 Å². The fraction of sp³-hybridized carbons (Fsp3) is 0.400. The van der Waals surface area contributed by atoms with E-state index >= 15 is 0 Å². The lowest BCUT2D eigenvalue weighted by molar-refractivity contribution is 0.297. The summed E-state index contributed by atoms with van der Waals surface area (Å²) in [5.41, 5.74) is 9.04. The molecule has 2 heterocycles. The number of halogens is 1. The van der Waals surface area contributed by atoms with Gasteiger partial charge in [-0.05, 0) is 56.2 Å². The number of benzene rings is 1. The van der Waals surface area contributed by atoms with E-state index in [9.17, 15) is 4.39 Å². The second kappa shape index (κ2) is 6.56. The molecule has 0 saturated heterocycles. The van der Waals surface area contributed by atoms with Gasteiger partial charge in [-0.25, -0.2) is 14.4 Å². The maximum absolute atomic E-state index is 13.3. The Kier molecular flexibility index (Phi) is 4.25. The van der Waals surface area contributed by atoms with E-state index < -0.39 is 0 Å². The zero-order chi connectivity index (χ0) is 17.4. The normalized spacial score (nSPS) is 20.9. The predicted octanol–water partition coefficient (Wildman–Crippen LogP) is 4.06. The number of nitrogens with two attached hydrogens (primary N) is 1. The van der Waals surface area contributed by atoms with Crippen LogP contribution in [0.25, 0.3) is 22.2 Å². The average Bonchev–Trinajstić information content (AvgIpc) is 2.95. The van der Waals surface area contributed by atoms with Gasteiger partial charge in [0.05, 0.1) is 0 Å². The van der Waals surface area contributed by atoms with E-state index in [-0.39, 0.29) is 5.82 Å².